The zero-order valence-corrected chi connectivity index (χ0v) is 10.7. The van der Waals surface area contributed by atoms with Gasteiger partial charge in [-0.1, -0.05) is 13.8 Å². The van der Waals surface area contributed by atoms with Gasteiger partial charge in [0.2, 0.25) is 5.89 Å². The van der Waals surface area contributed by atoms with Gasteiger partial charge in [-0.05, 0) is 6.07 Å². The van der Waals surface area contributed by atoms with Crippen molar-refractivity contribution in [3.8, 4) is 17.2 Å². The lowest BCUT2D eigenvalue weighted by Crippen LogP contribution is -2.21. The number of nitrogens with zero attached hydrogens (tertiary/aromatic N) is 3. The number of methoxy groups -OCH3 is 1. The lowest BCUT2D eigenvalue weighted by atomic mass is 10.2. The van der Waals surface area contributed by atoms with E-state index in [-0.39, 0.29) is 0 Å². The molecular weight excluding hydrogens is 232 g/mol. The van der Waals surface area contributed by atoms with Gasteiger partial charge in [0.25, 0.3) is 5.89 Å². The second-order valence-electron chi connectivity index (χ2n) is 4.11. The summed E-state index contributed by atoms with van der Waals surface area (Å²) in [5, 5.41) is 11.2. The molecule has 2 aromatic rings. The number of pyridine rings is 1. The lowest BCUT2D eigenvalue weighted by molar-refractivity contribution is 0.410. The molecule has 2 aromatic heterocycles. The second-order valence-corrected chi connectivity index (χ2v) is 4.11. The van der Waals surface area contributed by atoms with Gasteiger partial charge in [0.05, 0.1) is 25.4 Å². The van der Waals surface area contributed by atoms with Gasteiger partial charge in [-0.3, -0.25) is 4.98 Å². The molecule has 96 valence electrons. The van der Waals surface area contributed by atoms with Crippen molar-refractivity contribution in [1.29, 1.82) is 0 Å². The molecule has 0 saturated carbocycles. The fourth-order valence-electron chi connectivity index (χ4n) is 1.44. The summed E-state index contributed by atoms with van der Waals surface area (Å²) in [6.45, 7) is 4.67. The molecule has 0 aromatic carbocycles. The minimum atomic E-state index is 0.371. The number of ether oxygens (including phenoxy) is 1. The minimum absolute atomic E-state index is 0.371. The van der Waals surface area contributed by atoms with Crippen LogP contribution < -0.4 is 10.1 Å². The second kappa shape index (κ2) is 5.59. The van der Waals surface area contributed by atoms with Crippen LogP contribution in [-0.4, -0.2) is 28.3 Å². The molecule has 0 aliphatic carbocycles. The Morgan fingerprint density at radius 3 is 2.94 bits per heavy atom. The largest absolute Gasteiger partial charge is 0.494 e. The van der Waals surface area contributed by atoms with Gasteiger partial charge in [0.15, 0.2) is 0 Å². The van der Waals surface area contributed by atoms with Gasteiger partial charge < -0.3 is 14.5 Å². The summed E-state index contributed by atoms with van der Waals surface area (Å²) >= 11 is 0. The van der Waals surface area contributed by atoms with Crippen LogP contribution in [0, 0.1) is 0 Å². The zero-order chi connectivity index (χ0) is 13.0. The lowest BCUT2D eigenvalue weighted by Gasteiger charge is -2.04. The van der Waals surface area contributed by atoms with E-state index in [2.05, 4.69) is 34.3 Å². The Labute approximate surface area is 105 Å². The van der Waals surface area contributed by atoms with E-state index < -0.39 is 0 Å². The Hall–Kier alpha value is -1.95. The normalized spacial score (nSPS) is 10.9. The highest BCUT2D eigenvalue weighted by Crippen LogP contribution is 2.27. The van der Waals surface area contributed by atoms with Gasteiger partial charge in [0, 0.05) is 12.2 Å². The standard InChI is InChI=1S/C12H16N4O2/c1-8(2)14-7-11-15-16-12(18-11)9-4-5-13-6-10(9)17-3/h4-6,8,14H,7H2,1-3H3. The maximum absolute atomic E-state index is 5.57. The van der Waals surface area contributed by atoms with Crippen molar-refractivity contribution in [2.75, 3.05) is 7.11 Å². The number of nitrogens with one attached hydrogen (secondary N) is 1. The SMILES string of the molecule is COc1cnccc1-c1nnc(CNC(C)C)o1. The highest BCUT2D eigenvalue weighted by atomic mass is 16.5. The molecule has 0 aliphatic heterocycles. The van der Waals surface area contributed by atoms with Crippen molar-refractivity contribution in [2.45, 2.75) is 26.4 Å². The summed E-state index contributed by atoms with van der Waals surface area (Å²) in [6, 6.07) is 2.15. The van der Waals surface area contributed by atoms with Crippen molar-refractivity contribution in [1.82, 2.24) is 20.5 Å². The third-order valence-electron chi connectivity index (χ3n) is 2.36. The molecule has 6 heteroatoms. The summed E-state index contributed by atoms with van der Waals surface area (Å²) in [7, 11) is 1.58. The quantitative estimate of drug-likeness (QED) is 0.867. The van der Waals surface area contributed by atoms with E-state index in [0.717, 1.165) is 5.56 Å². The van der Waals surface area contributed by atoms with Crippen LogP contribution in [0.25, 0.3) is 11.5 Å². The average Bonchev–Trinajstić information content (AvgIpc) is 2.85. The van der Waals surface area contributed by atoms with Crippen LogP contribution >= 0.6 is 0 Å². The Kier molecular flexibility index (Phi) is 3.88. The van der Waals surface area contributed by atoms with Gasteiger partial charge in [-0.15, -0.1) is 10.2 Å². The van der Waals surface area contributed by atoms with Crippen LogP contribution in [0.4, 0.5) is 0 Å². The highest BCUT2D eigenvalue weighted by molar-refractivity contribution is 5.60. The van der Waals surface area contributed by atoms with E-state index in [0.29, 0.717) is 30.1 Å². The van der Waals surface area contributed by atoms with E-state index in [1.807, 2.05) is 0 Å². The fourth-order valence-corrected chi connectivity index (χ4v) is 1.44. The Morgan fingerprint density at radius 2 is 2.22 bits per heavy atom. The topological polar surface area (TPSA) is 73.1 Å². The molecule has 2 heterocycles. The smallest absolute Gasteiger partial charge is 0.251 e. The summed E-state index contributed by atoms with van der Waals surface area (Å²) < 4.78 is 10.8. The molecule has 2 rings (SSSR count). The third kappa shape index (κ3) is 2.84. The molecule has 0 aliphatic rings. The molecule has 0 atom stereocenters. The van der Waals surface area contributed by atoms with Crippen molar-refractivity contribution in [2.24, 2.45) is 0 Å². The van der Waals surface area contributed by atoms with Crippen LogP contribution in [-0.2, 0) is 6.54 Å². The molecule has 6 nitrogen and oxygen atoms in total. The van der Waals surface area contributed by atoms with Gasteiger partial charge in [-0.25, -0.2) is 0 Å². The van der Waals surface area contributed by atoms with Crippen molar-refractivity contribution < 1.29 is 9.15 Å². The van der Waals surface area contributed by atoms with Crippen molar-refractivity contribution in [3.63, 3.8) is 0 Å². The maximum Gasteiger partial charge on any atom is 0.251 e. The van der Waals surface area contributed by atoms with E-state index in [4.69, 9.17) is 9.15 Å². The highest BCUT2D eigenvalue weighted by Gasteiger charge is 2.13. The predicted octanol–water partition coefficient (Wildman–Crippen LogP) is 1.64. The fraction of sp³-hybridized carbons (Fsp3) is 0.417. The van der Waals surface area contributed by atoms with Crippen LogP contribution in [0.3, 0.4) is 0 Å². The monoisotopic (exact) mass is 248 g/mol. The number of hydrogen-bond donors (Lipinski definition) is 1. The Morgan fingerprint density at radius 1 is 1.39 bits per heavy atom. The van der Waals surface area contributed by atoms with E-state index in [9.17, 15) is 0 Å². The summed E-state index contributed by atoms with van der Waals surface area (Å²) in [5.74, 6) is 1.61. The molecule has 0 bridgehead atoms. The first-order valence-corrected chi connectivity index (χ1v) is 5.75. The zero-order valence-electron chi connectivity index (χ0n) is 10.7. The van der Waals surface area contributed by atoms with E-state index in [1.165, 1.54) is 0 Å². The molecule has 0 spiro atoms. The molecular formula is C12H16N4O2. The van der Waals surface area contributed by atoms with Gasteiger partial charge in [-0.2, -0.15) is 0 Å². The number of rotatable bonds is 5. The van der Waals surface area contributed by atoms with E-state index in [1.54, 1.807) is 25.6 Å². The molecule has 0 radical (unpaired) electrons. The van der Waals surface area contributed by atoms with Gasteiger partial charge in [0.1, 0.15) is 5.75 Å². The average molecular weight is 248 g/mol. The van der Waals surface area contributed by atoms with E-state index >= 15 is 0 Å². The summed E-state index contributed by atoms with van der Waals surface area (Å²) in [4.78, 5) is 3.98. The third-order valence-corrected chi connectivity index (χ3v) is 2.36. The predicted molar refractivity (Wildman–Crippen MR) is 66.1 cm³/mol. The molecule has 1 N–H and O–H groups in total. The molecule has 0 saturated heterocycles. The first kappa shape index (κ1) is 12.5. The molecule has 18 heavy (non-hydrogen) atoms. The molecule has 0 fully saturated rings. The molecule has 0 unspecified atom stereocenters. The van der Waals surface area contributed by atoms with Gasteiger partial charge >= 0.3 is 0 Å². The summed E-state index contributed by atoms with van der Waals surface area (Å²) in [5.41, 5.74) is 0.746. The summed E-state index contributed by atoms with van der Waals surface area (Å²) in [6.07, 6.45) is 3.28. The first-order chi connectivity index (χ1) is 8.70. The first-order valence-electron chi connectivity index (χ1n) is 5.75. The van der Waals surface area contributed by atoms with Crippen molar-refractivity contribution in [3.05, 3.63) is 24.4 Å². The van der Waals surface area contributed by atoms with Crippen LogP contribution in [0.2, 0.25) is 0 Å². The minimum Gasteiger partial charge on any atom is -0.494 e. The number of aromatic nitrogens is 3. The maximum atomic E-state index is 5.57. The van der Waals surface area contributed by atoms with Crippen LogP contribution in [0.15, 0.2) is 22.9 Å². The van der Waals surface area contributed by atoms with Crippen molar-refractivity contribution >= 4 is 0 Å². The van der Waals surface area contributed by atoms with Crippen LogP contribution in [0.1, 0.15) is 19.7 Å². The van der Waals surface area contributed by atoms with Crippen LogP contribution in [0.5, 0.6) is 5.75 Å². The molecule has 0 amide bonds. The Balaban J connectivity index is 2.18. The Bertz CT molecular complexity index is 510. The number of hydrogen-bond acceptors (Lipinski definition) is 6.